The summed E-state index contributed by atoms with van der Waals surface area (Å²) in [5, 5.41) is 0. The molecule has 2 N–H and O–H groups in total. The molecule has 0 aromatic carbocycles. The van der Waals surface area contributed by atoms with Crippen LogP contribution in [0.25, 0.3) is 0 Å². The summed E-state index contributed by atoms with van der Waals surface area (Å²) in [7, 11) is 1.27. The standard InChI is InChI=1S/C10H13NO4S2/c1-4-15-9(13)7-6(11)5(8(12)14-2)10(16-3)17-7/h4,11H2,1-3H3. The number of esters is 2. The smallest absolute Gasteiger partial charge is 0.350 e. The van der Waals surface area contributed by atoms with Crippen LogP contribution >= 0.6 is 23.1 Å². The van der Waals surface area contributed by atoms with Crippen molar-refractivity contribution in [3.05, 3.63) is 10.4 Å². The zero-order chi connectivity index (χ0) is 13.0. The number of anilines is 1. The van der Waals surface area contributed by atoms with Crippen LogP contribution in [0.3, 0.4) is 0 Å². The quantitative estimate of drug-likeness (QED) is 0.669. The van der Waals surface area contributed by atoms with Crippen LogP contribution in [0.1, 0.15) is 27.0 Å². The Labute approximate surface area is 107 Å². The molecule has 0 spiro atoms. The highest BCUT2D eigenvalue weighted by Crippen LogP contribution is 2.37. The van der Waals surface area contributed by atoms with Crippen LogP contribution in [-0.4, -0.2) is 31.9 Å². The number of nitrogens with two attached hydrogens (primary N) is 1. The van der Waals surface area contributed by atoms with Crippen LogP contribution in [0, 0.1) is 0 Å². The minimum atomic E-state index is -0.543. The SMILES string of the molecule is CCOC(=O)c1sc(SC)c(C(=O)OC)c1N. The van der Waals surface area contributed by atoms with E-state index < -0.39 is 11.9 Å². The van der Waals surface area contributed by atoms with E-state index in [4.69, 9.17) is 10.5 Å². The molecule has 1 aromatic heterocycles. The molecule has 0 amide bonds. The molecular weight excluding hydrogens is 262 g/mol. The first-order valence-electron chi connectivity index (χ1n) is 4.78. The third-order valence-corrected chi connectivity index (χ3v) is 4.25. The van der Waals surface area contributed by atoms with Crippen LogP contribution in [0.2, 0.25) is 0 Å². The maximum Gasteiger partial charge on any atom is 0.350 e. The predicted octanol–water partition coefficient (Wildman–Crippen LogP) is 2.02. The van der Waals surface area contributed by atoms with Crippen LogP contribution in [-0.2, 0) is 9.47 Å². The normalized spacial score (nSPS) is 10.1. The molecule has 0 aliphatic carbocycles. The van der Waals surface area contributed by atoms with Crippen molar-refractivity contribution in [2.45, 2.75) is 11.1 Å². The maximum absolute atomic E-state index is 11.6. The van der Waals surface area contributed by atoms with Gasteiger partial charge in [-0.2, -0.15) is 0 Å². The molecule has 1 aromatic rings. The van der Waals surface area contributed by atoms with Gasteiger partial charge in [-0.1, -0.05) is 0 Å². The third kappa shape index (κ3) is 2.73. The van der Waals surface area contributed by atoms with E-state index in [9.17, 15) is 9.59 Å². The van der Waals surface area contributed by atoms with Gasteiger partial charge in [0.05, 0.1) is 23.6 Å². The number of thiophene rings is 1. The number of ether oxygens (including phenoxy) is 2. The van der Waals surface area contributed by atoms with E-state index in [-0.39, 0.29) is 22.7 Å². The fourth-order valence-electron chi connectivity index (χ4n) is 1.21. The molecule has 0 atom stereocenters. The molecule has 0 bridgehead atoms. The summed E-state index contributed by atoms with van der Waals surface area (Å²) >= 11 is 2.48. The molecule has 0 aliphatic heterocycles. The Morgan fingerprint density at radius 1 is 1.41 bits per heavy atom. The number of hydrogen-bond acceptors (Lipinski definition) is 7. The Bertz CT molecular complexity index is 442. The molecule has 0 saturated heterocycles. The largest absolute Gasteiger partial charge is 0.465 e. The number of carbonyl (C=O) groups is 2. The van der Waals surface area contributed by atoms with E-state index in [2.05, 4.69) is 4.74 Å². The summed E-state index contributed by atoms with van der Waals surface area (Å²) < 4.78 is 10.2. The second kappa shape index (κ2) is 5.92. The van der Waals surface area contributed by atoms with Gasteiger partial charge in [-0.05, 0) is 13.2 Å². The van der Waals surface area contributed by atoms with Gasteiger partial charge in [0.25, 0.3) is 0 Å². The van der Waals surface area contributed by atoms with Crippen LogP contribution in [0.4, 0.5) is 5.69 Å². The Morgan fingerprint density at radius 2 is 2.06 bits per heavy atom. The highest BCUT2D eigenvalue weighted by molar-refractivity contribution is 8.00. The summed E-state index contributed by atoms with van der Waals surface area (Å²) in [6, 6.07) is 0. The van der Waals surface area contributed by atoms with Gasteiger partial charge in [-0.15, -0.1) is 23.1 Å². The maximum atomic E-state index is 11.6. The first kappa shape index (κ1) is 13.9. The summed E-state index contributed by atoms with van der Waals surface area (Å²) in [6.07, 6.45) is 1.80. The van der Waals surface area contributed by atoms with Gasteiger partial charge in [0.1, 0.15) is 10.4 Å². The van der Waals surface area contributed by atoms with Gasteiger partial charge >= 0.3 is 11.9 Å². The molecule has 94 valence electrons. The third-order valence-electron chi connectivity index (χ3n) is 1.95. The molecular formula is C10H13NO4S2. The van der Waals surface area contributed by atoms with Crippen LogP contribution < -0.4 is 5.73 Å². The number of rotatable bonds is 4. The van der Waals surface area contributed by atoms with Crippen molar-refractivity contribution < 1.29 is 19.1 Å². The van der Waals surface area contributed by atoms with E-state index in [1.165, 1.54) is 18.9 Å². The van der Waals surface area contributed by atoms with Crippen molar-refractivity contribution in [1.29, 1.82) is 0 Å². The zero-order valence-electron chi connectivity index (χ0n) is 9.73. The lowest BCUT2D eigenvalue weighted by Gasteiger charge is -2.01. The van der Waals surface area contributed by atoms with Crippen molar-refractivity contribution in [2.75, 3.05) is 25.7 Å². The summed E-state index contributed by atoms with van der Waals surface area (Å²) in [5.74, 6) is -1.06. The van der Waals surface area contributed by atoms with E-state index in [0.29, 0.717) is 4.21 Å². The monoisotopic (exact) mass is 275 g/mol. The second-order valence-corrected chi connectivity index (χ2v) is 5.02. The molecule has 0 unspecified atom stereocenters. The van der Waals surface area contributed by atoms with E-state index in [1.54, 1.807) is 13.2 Å². The zero-order valence-corrected chi connectivity index (χ0v) is 11.4. The summed E-state index contributed by atoms with van der Waals surface area (Å²) in [6.45, 7) is 1.97. The van der Waals surface area contributed by atoms with Crippen molar-refractivity contribution in [1.82, 2.24) is 0 Å². The van der Waals surface area contributed by atoms with E-state index >= 15 is 0 Å². The van der Waals surface area contributed by atoms with Crippen LogP contribution in [0.5, 0.6) is 0 Å². The average molecular weight is 275 g/mol. The number of hydrogen-bond donors (Lipinski definition) is 1. The summed E-state index contributed by atoms with van der Waals surface area (Å²) in [4.78, 5) is 23.4. The van der Waals surface area contributed by atoms with E-state index in [0.717, 1.165) is 11.3 Å². The van der Waals surface area contributed by atoms with Crippen molar-refractivity contribution in [3.63, 3.8) is 0 Å². The fourth-order valence-corrected chi connectivity index (χ4v) is 3.03. The molecule has 0 aliphatic rings. The average Bonchev–Trinajstić information content (AvgIpc) is 2.65. The number of carbonyl (C=O) groups excluding carboxylic acids is 2. The molecule has 0 saturated carbocycles. The van der Waals surface area contributed by atoms with Crippen molar-refractivity contribution in [3.8, 4) is 0 Å². The Hall–Kier alpha value is -1.21. The molecule has 0 fully saturated rings. The molecule has 17 heavy (non-hydrogen) atoms. The van der Waals surface area contributed by atoms with Gasteiger partial charge in [0.2, 0.25) is 0 Å². The Balaban J connectivity index is 3.23. The lowest BCUT2D eigenvalue weighted by molar-refractivity contribution is 0.0533. The molecule has 0 radical (unpaired) electrons. The van der Waals surface area contributed by atoms with Crippen molar-refractivity contribution >= 4 is 40.7 Å². The fraction of sp³-hybridized carbons (Fsp3) is 0.400. The van der Waals surface area contributed by atoms with Gasteiger partial charge in [-0.3, -0.25) is 0 Å². The first-order valence-corrected chi connectivity index (χ1v) is 6.82. The van der Waals surface area contributed by atoms with Crippen LogP contribution in [0.15, 0.2) is 4.21 Å². The highest BCUT2D eigenvalue weighted by Gasteiger charge is 2.26. The minimum Gasteiger partial charge on any atom is -0.465 e. The molecule has 5 nitrogen and oxygen atoms in total. The minimum absolute atomic E-state index is 0.129. The number of thioether (sulfide) groups is 1. The molecule has 1 rings (SSSR count). The number of methoxy groups -OCH3 is 1. The molecule has 7 heteroatoms. The van der Waals surface area contributed by atoms with E-state index in [1.807, 2.05) is 0 Å². The van der Waals surface area contributed by atoms with Gasteiger partial charge in [0.15, 0.2) is 0 Å². The number of nitrogen functional groups attached to an aromatic ring is 1. The second-order valence-electron chi connectivity index (χ2n) is 2.92. The first-order chi connectivity index (χ1) is 8.06. The highest BCUT2D eigenvalue weighted by atomic mass is 32.2. The van der Waals surface area contributed by atoms with Gasteiger partial charge in [-0.25, -0.2) is 9.59 Å². The summed E-state index contributed by atoms with van der Waals surface area (Å²) in [5.41, 5.74) is 6.16. The lowest BCUT2D eigenvalue weighted by Crippen LogP contribution is -2.08. The topological polar surface area (TPSA) is 78.6 Å². The predicted molar refractivity (Wildman–Crippen MR) is 67.8 cm³/mol. The van der Waals surface area contributed by atoms with Crippen molar-refractivity contribution in [2.24, 2.45) is 0 Å². The molecule has 1 heterocycles. The van der Waals surface area contributed by atoms with Gasteiger partial charge in [0, 0.05) is 0 Å². The Kier molecular flexibility index (Phi) is 4.83. The van der Waals surface area contributed by atoms with Gasteiger partial charge < -0.3 is 15.2 Å². The lowest BCUT2D eigenvalue weighted by atomic mass is 10.2. The Morgan fingerprint density at radius 3 is 2.53 bits per heavy atom.